The van der Waals surface area contributed by atoms with Crippen molar-refractivity contribution in [2.75, 3.05) is 0 Å². The van der Waals surface area contributed by atoms with Gasteiger partial charge in [0.2, 0.25) is 0 Å². The third kappa shape index (κ3) is 1.46. The molecule has 0 saturated carbocycles. The van der Waals surface area contributed by atoms with Crippen molar-refractivity contribution < 1.29 is 13.6 Å². The first-order valence-electron chi connectivity index (χ1n) is 5.94. The van der Waals surface area contributed by atoms with Crippen molar-refractivity contribution in [2.45, 2.75) is 20.8 Å². The number of rotatable bonds is 1. The van der Waals surface area contributed by atoms with Gasteiger partial charge in [-0.1, -0.05) is 0 Å². The Labute approximate surface area is 108 Å². The molecule has 4 heteroatoms. The van der Waals surface area contributed by atoms with Crippen LogP contribution in [0.5, 0.6) is 0 Å². The lowest BCUT2D eigenvalue weighted by Gasteiger charge is -2.08. The van der Waals surface area contributed by atoms with E-state index in [4.69, 9.17) is 8.83 Å². The van der Waals surface area contributed by atoms with E-state index in [0.717, 1.165) is 28.2 Å². The summed E-state index contributed by atoms with van der Waals surface area (Å²) in [7, 11) is 0. The maximum Gasteiger partial charge on any atom is 0.339 e. The van der Waals surface area contributed by atoms with Gasteiger partial charge >= 0.3 is 5.63 Å². The molecule has 19 heavy (non-hydrogen) atoms. The van der Waals surface area contributed by atoms with Crippen LogP contribution in [0.1, 0.15) is 27.0 Å². The zero-order chi connectivity index (χ0) is 13.7. The minimum Gasteiger partial charge on any atom is -0.463 e. The summed E-state index contributed by atoms with van der Waals surface area (Å²) < 4.78 is 10.6. The van der Waals surface area contributed by atoms with Crippen LogP contribution in [-0.2, 0) is 0 Å². The van der Waals surface area contributed by atoms with Gasteiger partial charge in [0.15, 0.2) is 6.29 Å². The molecule has 2 aromatic heterocycles. The van der Waals surface area contributed by atoms with E-state index in [1.165, 1.54) is 6.26 Å². The Bertz CT molecular complexity index is 881. The fourth-order valence-corrected chi connectivity index (χ4v) is 2.55. The molecule has 3 aromatic rings. The van der Waals surface area contributed by atoms with E-state index < -0.39 is 0 Å². The first-order chi connectivity index (χ1) is 9.04. The summed E-state index contributed by atoms with van der Waals surface area (Å²) >= 11 is 0. The molecule has 0 fully saturated rings. The average Bonchev–Trinajstić information content (AvgIpc) is 2.79. The van der Waals surface area contributed by atoms with E-state index in [9.17, 15) is 9.59 Å². The molecule has 3 rings (SSSR count). The molecule has 0 unspecified atom stereocenters. The Morgan fingerprint density at radius 2 is 1.74 bits per heavy atom. The van der Waals surface area contributed by atoms with Crippen molar-refractivity contribution in [3.8, 4) is 0 Å². The standard InChI is InChI=1S/C15H12O4/c1-7-8(2)15(17)19-12-4-11-14(9(3)13(7)12)10(5-16)6-18-11/h4-6H,1-3H3. The van der Waals surface area contributed by atoms with Crippen molar-refractivity contribution in [1.29, 1.82) is 0 Å². The molecule has 96 valence electrons. The second-order valence-electron chi connectivity index (χ2n) is 4.70. The number of carbonyl (C=O) groups excluding carboxylic acids is 1. The predicted octanol–water partition coefficient (Wildman–Crippen LogP) is 3.28. The van der Waals surface area contributed by atoms with E-state index in [2.05, 4.69) is 0 Å². The maximum absolute atomic E-state index is 11.7. The molecule has 0 atom stereocenters. The third-order valence-electron chi connectivity index (χ3n) is 3.68. The van der Waals surface area contributed by atoms with Gasteiger partial charge in [0.25, 0.3) is 0 Å². The topological polar surface area (TPSA) is 60.4 Å². The summed E-state index contributed by atoms with van der Waals surface area (Å²) in [6.07, 6.45) is 2.19. The molecule has 0 amide bonds. The normalized spacial score (nSPS) is 11.3. The molecule has 0 N–H and O–H groups in total. The summed E-state index contributed by atoms with van der Waals surface area (Å²) in [4.78, 5) is 22.8. The fraction of sp³-hybridized carbons (Fsp3) is 0.200. The molecule has 0 spiro atoms. The number of fused-ring (bicyclic) bond motifs is 2. The number of furan rings is 1. The van der Waals surface area contributed by atoms with Gasteiger partial charge in [-0.3, -0.25) is 4.79 Å². The van der Waals surface area contributed by atoms with Crippen molar-refractivity contribution in [2.24, 2.45) is 0 Å². The van der Waals surface area contributed by atoms with Gasteiger partial charge in [0.1, 0.15) is 17.4 Å². The molecule has 0 aliphatic heterocycles. The van der Waals surface area contributed by atoms with E-state index in [0.29, 0.717) is 22.3 Å². The number of benzene rings is 1. The van der Waals surface area contributed by atoms with Crippen LogP contribution < -0.4 is 5.63 Å². The first-order valence-corrected chi connectivity index (χ1v) is 5.94. The third-order valence-corrected chi connectivity index (χ3v) is 3.68. The highest BCUT2D eigenvalue weighted by Crippen LogP contribution is 2.32. The lowest BCUT2D eigenvalue weighted by Crippen LogP contribution is -2.06. The van der Waals surface area contributed by atoms with Crippen molar-refractivity contribution in [1.82, 2.24) is 0 Å². The lowest BCUT2D eigenvalue weighted by atomic mass is 9.98. The predicted molar refractivity (Wildman–Crippen MR) is 71.9 cm³/mol. The summed E-state index contributed by atoms with van der Waals surface area (Å²) in [6, 6.07) is 1.67. The molecule has 0 saturated heterocycles. The van der Waals surface area contributed by atoms with Gasteiger partial charge in [0.05, 0.1) is 5.56 Å². The van der Waals surface area contributed by atoms with E-state index in [1.54, 1.807) is 13.0 Å². The lowest BCUT2D eigenvalue weighted by molar-refractivity contribution is 0.112. The van der Waals surface area contributed by atoms with Crippen LogP contribution in [0.4, 0.5) is 0 Å². The molecule has 0 radical (unpaired) electrons. The SMILES string of the molecule is Cc1c(C)c2c(C)c3c(C=O)coc3cc2oc1=O. The highest BCUT2D eigenvalue weighted by atomic mass is 16.4. The van der Waals surface area contributed by atoms with Gasteiger partial charge in [-0.05, 0) is 31.9 Å². The van der Waals surface area contributed by atoms with Crippen LogP contribution in [0.25, 0.3) is 21.9 Å². The highest BCUT2D eigenvalue weighted by molar-refractivity contribution is 6.06. The summed E-state index contributed by atoms with van der Waals surface area (Å²) in [5.74, 6) is 0. The van der Waals surface area contributed by atoms with Crippen LogP contribution in [0.15, 0.2) is 26.0 Å². The number of hydrogen-bond acceptors (Lipinski definition) is 4. The molecule has 0 aliphatic rings. The molecule has 2 heterocycles. The molecule has 0 aliphatic carbocycles. The monoisotopic (exact) mass is 256 g/mol. The minimum atomic E-state index is -0.342. The molecular weight excluding hydrogens is 244 g/mol. The minimum absolute atomic E-state index is 0.342. The summed E-state index contributed by atoms with van der Waals surface area (Å²) in [6.45, 7) is 5.52. The second-order valence-corrected chi connectivity index (χ2v) is 4.70. The van der Waals surface area contributed by atoms with Gasteiger partial charge in [0, 0.05) is 22.4 Å². The molecule has 4 nitrogen and oxygen atoms in total. The highest BCUT2D eigenvalue weighted by Gasteiger charge is 2.16. The second kappa shape index (κ2) is 3.82. The van der Waals surface area contributed by atoms with Crippen molar-refractivity contribution >= 4 is 28.2 Å². The van der Waals surface area contributed by atoms with Crippen LogP contribution in [0.3, 0.4) is 0 Å². The smallest absolute Gasteiger partial charge is 0.339 e. The Kier molecular flexibility index (Phi) is 2.35. The number of carbonyl (C=O) groups is 1. The molecule has 1 aromatic carbocycles. The Morgan fingerprint density at radius 3 is 2.42 bits per heavy atom. The number of aryl methyl sites for hydroxylation is 2. The summed E-state index contributed by atoms with van der Waals surface area (Å²) in [5, 5.41) is 1.65. The van der Waals surface area contributed by atoms with Gasteiger partial charge in [-0.25, -0.2) is 4.79 Å². The van der Waals surface area contributed by atoms with Crippen LogP contribution in [0, 0.1) is 20.8 Å². The largest absolute Gasteiger partial charge is 0.463 e. The Balaban J connectivity index is 2.64. The zero-order valence-electron chi connectivity index (χ0n) is 10.9. The molecular formula is C15H12O4. The van der Waals surface area contributed by atoms with E-state index in [-0.39, 0.29) is 5.63 Å². The Hall–Kier alpha value is -2.36. The van der Waals surface area contributed by atoms with Gasteiger partial charge in [-0.15, -0.1) is 0 Å². The summed E-state index contributed by atoms with van der Waals surface area (Å²) in [5.41, 5.74) is 3.58. The van der Waals surface area contributed by atoms with Crippen LogP contribution in [0.2, 0.25) is 0 Å². The average molecular weight is 256 g/mol. The Morgan fingerprint density at radius 1 is 1.00 bits per heavy atom. The molecule has 0 bridgehead atoms. The van der Waals surface area contributed by atoms with Crippen LogP contribution >= 0.6 is 0 Å². The number of hydrogen-bond donors (Lipinski definition) is 0. The fourth-order valence-electron chi connectivity index (χ4n) is 2.55. The first kappa shape index (κ1) is 11.7. The van der Waals surface area contributed by atoms with Crippen molar-refractivity contribution in [3.05, 3.63) is 45.0 Å². The maximum atomic E-state index is 11.7. The van der Waals surface area contributed by atoms with Crippen LogP contribution in [-0.4, -0.2) is 6.29 Å². The van der Waals surface area contributed by atoms with Gasteiger partial charge in [-0.2, -0.15) is 0 Å². The quantitative estimate of drug-likeness (QED) is 0.495. The van der Waals surface area contributed by atoms with E-state index in [1.807, 2.05) is 13.8 Å². The van der Waals surface area contributed by atoms with E-state index >= 15 is 0 Å². The van der Waals surface area contributed by atoms with Crippen molar-refractivity contribution in [3.63, 3.8) is 0 Å². The number of aldehydes is 1. The van der Waals surface area contributed by atoms with Gasteiger partial charge < -0.3 is 8.83 Å². The zero-order valence-corrected chi connectivity index (χ0v) is 10.9.